The van der Waals surface area contributed by atoms with Gasteiger partial charge in [0, 0.05) is 0 Å². The Labute approximate surface area is 185 Å². The zero-order valence-corrected chi connectivity index (χ0v) is 19.7. The van der Waals surface area contributed by atoms with Gasteiger partial charge in [0.25, 0.3) is 0 Å². The Balaban J connectivity index is 2.35. The number of phenolic OH excluding ortho intramolecular Hbond substituents is 1. The van der Waals surface area contributed by atoms with Crippen molar-refractivity contribution in [1.82, 2.24) is 0 Å². The first-order chi connectivity index (χ1) is 14.7. The molecule has 0 saturated carbocycles. The molecule has 1 unspecified atom stereocenters. The van der Waals surface area contributed by atoms with E-state index >= 15 is 0 Å². The molecule has 3 nitrogen and oxygen atoms in total. The fourth-order valence-electron chi connectivity index (χ4n) is 3.96. The van der Waals surface area contributed by atoms with Gasteiger partial charge in [0.1, 0.15) is 17.4 Å². The minimum atomic E-state index is -0.389. The monoisotopic (exact) mass is 418 g/mol. The topological polar surface area (TPSA) is 46.5 Å². The highest BCUT2D eigenvalue weighted by Crippen LogP contribution is 2.21. The molecule has 0 radical (unpaired) electrons. The number of unbranched alkanes of at least 4 members (excludes halogenated alkanes) is 13. The summed E-state index contributed by atoms with van der Waals surface area (Å²) in [5.74, 6) is -0.385. The Bertz CT molecular complexity index is 541. The fourth-order valence-corrected chi connectivity index (χ4v) is 3.96. The number of esters is 1. The smallest absolute Gasteiger partial charge is 0.342 e. The number of benzene rings is 1. The van der Waals surface area contributed by atoms with E-state index in [1.807, 2.05) is 0 Å². The van der Waals surface area contributed by atoms with E-state index in [2.05, 4.69) is 13.8 Å². The summed E-state index contributed by atoms with van der Waals surface area (Å²) in [6.45, 7) is 4.49. The third-order valence-electron chi connectivity index (χ3n) is 5.91. The van der Waals surface area contributed by atoms with Crippen molar-refractivity contribution in [2.45, 2.75) is 129 Å². The second-order valence-corrected chi connectivity index (χ2v) is 8.72. The summed E-state index contributed by atoms with van der Waals surface area (Å²) in [5.41, 5.74) is 0.275. The molecule has 0 spiro atoms. The van der Waals surface area contributed by atoms with E-state index in [-0.39, 0.29) is 23.4 Å². The molecule has 0 fully saturated rings. The van der Waals surface area contributed by atoms with Gasteiger partial charge in [-0.1, -0.05) is 109 Å². The molecule has 1 atom stereocenters. The van der Waals surface area contributed by atoms with E-state index in [1.54, 1.807) is 24.3 Å². The van der Waals surface area contributed by atoms with Crippen LogP contribution in [0.5, 0.6) is 5.75 Å². The van der Waals surface area contributed by atoms with E-state index in [4.69, 9.17) is 4.74 Å². The summed E-state index contributed by atoms with van der Waals surface area (Å²) in [6, 6.07) is 6.67. The van der Waals surface area contributed by atoms with Crippen molar-refractivity contribution in [2.24, 2.45) is 0 Å². The van der Waals surface area contributed by atoms with E-state index in [1.165, 1.54) is 83.5 Å². The first-order valence-electron chi connectivity index (χ1n) is 12.7. The molecule has 3 heteroatoms. The average Bonchev–Trinajstić information content (AvgIpc) is 2.75. The van der Waals surface area contributed by atoms with Gasteiger partial charge in [0.05, 0.1) is 0 Å². The van der Waals surface area contributed by atoms with Crippen LogP contribution >= 0.6 is 0 Å². The van der Waals surface area contributed by atoms with Crippen molar-refractivity contribution in [3.8, 4) is 5.75 Å². The predicted octanol–water partition coefficient (Wildman–Crippen LogP) is 8.59. The van der Waals surface area contributed by atoms with Crippen molar-refractivity contribution < 1.29 is 14.6 Å². The molecule has 0 saturated heterocycles. The second kappa shape index (κ2) is 18.3. The maximum absolute atomic E-state index is 12.5. The molecule has 1 aromatic rings. The van der Waals surface area contributed by atoms with E-state index < -0.39 is 0 Å². The summed E-state index contributed by atoms with van der Waals surface area (Å²) in [4.78, 5) is 12.5. The molecule has 0 aliphatic heterocycles. The van der Waals surface area contributed by atoms with Crippen LogP contribution in [0.3, 0.4) is 0 Å². The molecular formula is C27H46O3. The minimum Gasteiger partial charge on any atom is -0.507 e. The lowest BCUT2D eigenvalue weighted by Crippen LogP contribution is -2.18. The standard InChI is InChI=1S/C27H46O3/c1-3-5-7-9-11-12-13-15-17-21-24(20-16-14-10-8-6-4-2)30-27(29)25-22-18-19-23-26(25)28/h18-19,22-24,28H,3-17,20-21H2,1-2H3. The Hall–Kier alpha value is -1.51. The van der Waals surface area contributed by atoms with Crippen molar-refractivity contribution in [3.63, 3.8) is 0 Å². The van der Waals surface area contributed by atoms with Crippen LogP contribution in [0.2, 0.25) is 0 Å². The van der Waals surface area contributed by atoms with Crippen LogP contribution < -0.4 is 0 Å². The number of hydrogen-bond acceptors (Lipinski definition) is 3. The zero-order chi connectivity index (χ0) is 21.9. The van der Waals surface area contributed by atoms with Gasteiger partial charge in [0.2, 0.25) is 0 Å². The Morgan fingerprint density at radius 3 is 1.63 bits per heavy atom. The number of aromatic hydroxyl groups is 1. The third-order valence-corrected chi connectivity index (χ3v) is 5.91. The SMILES string of the molecule is CCCCCCCCCCCC(CCCCCCCC)OC(=O)c1ccccc1O. The predicted molar refractivity (Wildman–Crippen MR) is 127 cm³/mol. The molecule has 0 aliphatic rings. The lowest BCUT2D eigenvalue weighted by atomic mass is 10.0. The van der Waals surface area contributed by atoms with Crippen molar-refractivity contribution in [2.75, 3.05) is 0 Å². The average molecular weight is 419 g/mol. The highest BCUT2D eigenvalue weighted by atomic mass is 16.5. The lowest BCUT2D eigenvalue weighted by Gasteiger charge is -2.18. The van der Waals surface area contributed by atoms with Gasteiger partial charge in [-0.2, -0.15) is 0 Å². The van der Waals surface area contributed by atoms with E-state index in [0.717, 1.165) is 25.7 Å². The molecule has 30 heavy (non-hydrogen) atoms. The van der Waals surface area contributed by atoms with Crippen LogP contribution in [-0.4, -0.2) is 17.2 Å². The van der Waals surface area contributed by atoms with Gasteiger partial charge in [-0.05, 0) is 37.8 Å². The first kappa shape index (κ1) is 26.5. The highest BCUT2D eigenvalue weighted by molar-refractivity contribution is 5.92. The fraction of sp³-hybridized carbons (Fsp3) is 0.741. The molecule has 0 heterocycles. The number of para-hydroxylation sites is 1. The Morgan fingerprint density at radius 1 is 0.733 bits per heavy atom. The van der Waals surface area contributed by atoms with Crippen LogP contribution in [0.4, 0.5) is 0 Å². The van der Waals surface area contributed by atoms with Crippen molar-refractivity contribution in [3.05, 3.63) is 29.8 Å². The molecule has 1 N–H and O–H groups in total. The Kier molecular flexibility index (Phi) is 16.2. The van der Waals surface area contributed by atoms with Crippen LogP contribution in [-0.2, 0) is 4.74 Å². The van der Waals surface area contributed by atoms with Crippen LogP contribution in [0.1, 0.15) is 133 Å². The summed E-state index contributed by atoms with van der Waals surface area (Å²) in [7, 11) is 0. The van der Waals surface area contributed by atoms with Gasteiger partial charge in [-0.3, -0.25) is 0 Å². The molecule has 0 aromatic heterocycles. The first-order valence-corrected chi connectivity index (χ1v) is 12.7. The molecule has 1 aromatic carbocycles. The molecule has 0 aliphatic carbocycles. The Morgan fingerprint density at radius 2 is 1.17 bits per heavy atom. The van der Waals surface area contributed by atoms with Gasteiger partial charge < -0.3 is 9.84 Å². The van der Waals surface area contributed by atoms with Crippen molar-refractivity contribution in [1.29, 1.82) is 0 Å². The summed E-state index contributed by atoms with van der Waals surface area (Å²) in [5, 5.41) is 9.94. The molecule has 0 amide bonds. The zero-order valence-electron chi connectivity index (χ0n) is 19.7. The number of phenols is 1. The maximum atomic E-state index is 12.5. The highest BCUT2D eigenvalue weighted by Gasteiger charge is 2.18. The summed E-state index contributed by atoms with van der Waals surface area (Å²) in [6.07, 6.45) is 21.0. The lowest BCUT2D eigenvalue weighted by molar-refractivity contribution is 0.0246. The van der Waals surface area contributed by atoms with Crippen LogP contribution in [0, 0.1) is 0 Å². The number of rotatable bonds is 19. The third kappa shape index (κ3) is 12.9. The van der Waals surface area contributed by atoms with Crippen molar-refractivity contribution >= 4 is 5.97 Å². The number of ether oxygens (including phenoxy) is 1. The van der Waals surface area contributed by atoms with E-state index in [0.29, 0.717) is 0 Å². The molecule has 1 rings (SSSR count). The van der Waals surface area contributed by atoms with Gasteiger partial charge in [-0.15, -0.1) is 0 Å². The normalized spacial score (nSPS) is 12.1. The van der Waals surface area contributed by atoms with Crippen LogP contribution in [0.15, 0.2) is 24.3 Å². The summed E-state index contributed by atoms with van der Waals surface area (Å²) < 4.78 is 5.82. The second-order valence-electron chi connectivity index (χ2n) is 8.72. The van der Waals surface area contributed by atoms with E-state index in [9.17, 15) is 9.90 Å². The maximum Gasteiger partial charge on any atom is 0.342 e. The number of carbonyl (C=O) groups excluding carboxylic acids is 1. The molecule has 172 valence electrons. The number of carbonyl (C=O) groups is 1. The van der Waals surface area contributed by atoms with Gasteiger partial charge in [0.15, 0.2) is 0 Å². The quantitative estimate of drug-likeness (QED) is 0.181. The minimum absolute atomic E-state index is 0.00360. The molecule has 0 bridgehead atoms. The molecular weight excluding hydrogens is 372 g/mol. The number of hydrogen-bond donors (Lipinski definition) is 1. The van der Waals surface area contributed by atoms with Gasteiger partial charge >= 0.3 is 5.97 Å². The van der Waals surface area contributed by atoms with Gasteiger partial charge in [-0.25, -0.2) is 4.79 Å². The van der Waals surface area contributed by atoms with Crippen LogP contribution in [0.25, 0.3) is 0 Å². The largest absolute Gasteiger partial charge is 0.507 e. The summed E-state index contributed by atoms with van der Waals surface area (Å²) >= 11 is 0.